The molecule has 0 heterocycles. The summed E-state index contributed by atoms with van der Waals surface area (Å²) < 4.78 is 36.7. The van der Waals surface area contributed by atoms with Gasteiger partial charge in [-0.2, -0.15) is 24.9 Å². The van der Waals surface area contributed by atoms with Gasteiger partial charge >= 0.3 is 18.1 Å². The standard InChI is InChI=1S/C16H14F3NO3S/c17-16(18,19)15(23)20-13(14(21)22)9-24-8-11-6-3-5-10-4-1-2-7-12(10)11/h1-7,13H,8-9H2,(H,20,23)(H,21,22). The Morgan fingerprint density at radius 2 is 1.79 bits per heavy atom. The highest BCUT2D eigenvalue weighted by Crippen LogP contribution is 2.23. The zero-order valence-electron chi connectivity index (χ0n) is 12.3. The molecule has 2 aromatic carbocycles. The number of carbonyl (C=O) groups excluding carboxylic acids is 1. The third kappa shape index (κ3) is 4.64. The van der Waals surface area contributed by atoms with Gasteiger partial charge in [-0.15, -0.1) is 0 Å². The molecule has 0 saturated heterocycles. The van der Waals surface area contributed by atoms with Crippen LogP contribution in [0.15, 0.2) is 42.5 Å². The fraction of sp³-hybridized carbons (Fsp3) is 0.250. The number of benzene rings is 2. The fourth-order valence-corrected chi connectivity index (χ4v) is 3.17. The van der Waals surface area contributed by atoms with Gasteiger partial charge in [-0.25, -0.2) is 4.79 Å². The summed E-state index contributed by atoms with van der Waals surface area (Å²) in [5.74, 6) is -3.49. The van der Waals surface area contributed by atoms with Crippen LogP contribution in [-0.2, 0) is 15.3 Å². The average molecular weight is 357 g/mol. The van der Waals surface area contributed by atoms with E-state index in [9.17, 15) is 22.8 Å². The molecular formula is C16H14F3NO3S. The van der Waals surface area contributed by atoms with Gasteiger partial charge in [-0.05, 0) is 16.3 Å². The van der Waals surface area contributed by atoms with E-state index in [-0.39, 0.29) is 5.75 Å². The smallest absolute Gasteiger partial charge is 0.471 e. The van der Waals surface area contributed by atoms with Crippen LogP contribution in [0.3, 0.4) is 0 Å². The molecule has 2 rings (SSSR count). The lowest BCUT2D eigenvalue weighted by atomic mass is 10.1. The lowest BCUT2D eigenvalue weighted by Gasteiger charge is -2.15. The molecular weight excluding hydrogens is 343 g/mol. The zero-order chi connectivity index (χ0) is 17.7. The molecule has 128 valence electrons. The number of nitrogens with one attached hydrogen (secondary N) is 1. The normalized spacial score (nSPS) is 12.8. The van der Waals surface area contributed by atoms with Crippen LogP contribution in [0.1, 0.15) is 5.56 Å². The molecule has 2 N–H and O–H groups in total. The highest BCUT2D eigenvalue weighted by atomic mass is 32.2. The maximum Gasteiger partial charge on any atom is 0.471 e. The van der Waals surface area contributed by atoms with Gasteiger partial charge in [-0.1, -0.05) is 42.5 Å². The molecule has 0 radical (unpaired) electrons. The lowest BCUT2D eigenvalue weighted by Crippen LogP contribution is -2.48. The van der Waals surface area contributed by atoms with E-state index in [0.29, 0.717) is 5.75 Å². The number of halogens is 3. The second-order valence-electron chi connectivity index (χ2n) is 5.02. The first kappa shape index (κ1) is 18.1. The second-order valence-corrected chi connectivity index (χ2v) is 6.05. The quantitative estimate of drug-likeness (QED) is 0.833. The maximum atomic E-state index is 12.2. The van der Waals surface area contributed by atoms with E-state index in [2.05, 4.69) is 0 Å². The molecule has 24 heavy (non-hydrogen) atoms. The predicted octanol–water partition coefficient (Wildman–Crippen LogP) is 3.20. The summed E-state index contributed by atoms with van der Waals surface area (Å²) in [6.07, 6.45) is -5.10. The molecule has 0 bridgehead atoms. The Bertz CT molecular complexity index is 743. The zero-order valence-corrected chi connectivity index (χ0v) is 13.2. The number of fused-ring (bicyclic) bond motifs is 1. The van der Waals surface area contributed by atoms with Gasteiger partial charge in [0.2, 0.25) is 0 Å². The van der Waals surface area contributed by atoms with Gasteiger partial charge in [0.15, 0.2) is 0 Å². The number of alkyl halides is 3. The number of aliphatic carboxylic acids is 1. The third-order valence-electron chi connectivity index (χ3n) is 3.28. The monoisotopic (exact) mass is 357 g/mol. The number of carbonyl (C=O) groups is 2. The van der Waals surface area contributed by atoms with E-state index >= 15 is 0 Å². The van der Waals surface area contributed by atoms with E-state index in [1.807, 2.05) is 42.5 Å². The summed E-state index contributed by atoms with van der Waals surface area (Å²) in [4.78, 5) is 21.9. The van der Waals surface area contributed by atoms with Crippen molar-refractivity contribution < 1.29 is 27.9 Å². The first-order chi connectivity index (χ1) is 11.3. The topological polar surface area (TPSA) is 66.4 Å². The molecule has 0 aliphatic carbocycles. The molecule has 0 aliphatic rings. The van der Waals surface area contributed by atoms with Crippen LogP contribution >= 0.6 is 11.8 Å². The minimum atomic E-state index is -5.10. The maximum absolute atomic E-state index is 12.2. The van der Waals surface area contributed by atoms with Crippen LogP contribution in [0.2, 0.25) is 0 Å². The Morgan fingerprint density at radius 1 is 1.12 bits per heavy atom. The Hall–Kier alpha value is -2.22. The Kier molecular flexibility index (Phi) is 5.71. The summed E-state index contributed by atoms with van der Waals surface area (Å²) >= 11 is 1.15. The van der Waals surface area contributed by atoms with Crippen LogP contribution in [0.25, 0.3) is 10.8 Å². The summed E-state index contributed by atoms with van der Waals surface area (Å²) in [6, 6.07) is 11.7. The van der Waals surface area contributed by atoms with Crippen molar-refractivity contribution in [2.75, 3.05) is 5.75 Å². The van der Waals surface area contributed by atoms with Crippen molar-refractivity contribution in [1.82, 2.24) is 5.32 Å². The molecule has 0 fully saturated rings. The number of carboxylic acids is 1. The molecule has 0 aliphatic heterocycles. The Balaban J connectivity index is 2.00. The highest BCUT2D eigenvalue weighted by molar-refractivity contribution is 7.98. The molecule has 0 saturated carbocycles. The molecule has 2 aromatic rings. The van der Waals surface area contributed by atoms with Crippen LogP contribution in [0.5, 0.6) is 0 Å². The van der Waals surface area contributed by atoms with Gasteiger partial charge < -0.3 is 10.4 Å². The predicted molar refractivity (Wildman–Crippen MR) is 85.7 cm³/mol. The van der Waals surface area contributed by atoms with Gasteiger partial charge in [0.1, 0.15) is 6.04 Å². The van der Waals surface area contributed by atoms with Crippen molar-refractivity contribution in [3.63, 3.8) is 0 Å². The molecule has 8 heteroatoms. The molecule has 1 amide bonds. The molecule has 4 nitrogen and oxygen atoms in total. The number of carboxylic acid groups (broad SMARTS) is 1. The molecule has 0 spiro atoms. The minimum absolute atomic E-state index is 0.166. The van der Waals surface area contributed by atoms with Crippen molar-refractivity contribution in [1.29, 1.82) is 0 Å². The van der Waals surface area contributed by atoms with E-state index in [1.165, 1.54) is 5.32 Å². The minimum Gasteiger partial charge on any atom is -0.480 e. The van der Waals surface area contributed by atoms with Crippen LogP contribution < -0.4 is 5.32 Å². The van der Waals surface area contributed by atoms with Crippen molar-refractivity contribution in [2.24, 2.45) is 0 Å². The summed E-state index contributed by atoms with van der Waals surface area (Å²) in [5, 5.41) is 12.5. The second kappa shape index (κ2) is 7.57. The van der Waals surface area contributed by atoms with Crippen LogP contribution in [0.4, 0.5) is 13.2 Å². The van der Waals surface area contributed by atoms with Gasteiger partial charge in [0.05, 0.1) is 0 Å². The van der Waals surface area contributed by atoms with Crippen molar-refractivity contribution >= 4 is 34.4 Å². The number of hydrogen-bond acceptors (Lipinski definition) is 3. The molecule has 0 aromatic heterocycles. The van der Waals surface area contributed by atoms with Crippen LogP contribution in [-0.4, -0.2) is 35.0 Å². The van der Waals surface area contributed by atoms with E-state index in [4.69, 9.17) is 5.11 Å². The number of amides is 1. The first-order valence-corrected chi connectivity index (χ1v) is 8.09. The van der Waals surface area contributed by atoms with Crippen LogP contribution in [0, 0.1) is 0 Å². The van der Waals surface area contributed by atoms with Crippen molar-refractivity contribution in [3.05, 3.63) is 48.0 Å². The third-order valence-corrected chi connectivity index (χ3v) is 4.37. The number of thioether (sulfide) groups is 1. The fourth-order valence-electron chi connectivity index (χ4n) is 2.12. The SMILES string of the molecule is O=C(O)C(CSCc1cccc2ccccc12)NC(=O)C(F)(F)F. The molecule has 1 atom stereocenters. The summed E-state index contributed by atoms with van der Waals surface area (Å²) in [5.41, 5.74) is 0.949. The largest absolute Gasteiger partial charge is 0.480 e. The van der Waals surface area contributed by atoms with E-state index in [0.717, 1.165) is 28.1 Å². The van der Waals surface area contributed by atoms with E-state index < -0.39 is 24.1 Å². The summed E-state index contributed by atoms with van der Waals surface area (Å²) in [7, 11) is 0. The van der Waals surface area contributed by atoms with Gasteiger partial charge in [0, 0.05) is 11.5 Å². The first-order valence-electron chi connectivity index (χ1n) is 6.94. The Morgan fingerprint density at radius 3 is 2.46 bits per heavy atom. The highest BCUT2D eigenvalue weighted by Gasteiger charge is 2.40. The van der Waals surface area contributed by atoms with E-state index in [1.54, 1.807) is 0 Å². The Labute approximate surface area is 140 Å². The summed E-state index contributed by atoms with van der Waals surface area (Å²) in [6.45, 7) is 0. The van der Waals surface area contributed by atoms with Gasteiger partial charge in [-0.3, -0.25) is 4.79 Å². The molecule has 1 unspecified atom stereocenters. The number of rotatable bonds is 6. The van der Waals surface area contributed by atoms with Crippen molar-refractivity contribution in [3.8, 4) is 0 Å². The average Bonchev–Trinajstić information content (AvgIpc) is 2.52. The van der Waals surface area contributed by atoms with Crippen molar-refractivity contribution in [2.45, 2.75) is 18.0 Å². The van der Waals surface area contributed by atoms with Gasteiger partial charge in [0.25, 0.3) is 0 Å². The lowest BCUT2D eigenvalue weighted by molar-refractivity contribution is -0.175. The number of hydrogen-bond donors (Lipinski definition) is 2.